The number of anilines is 5. The number of carbonyl (C=O) groups is 1. The van der Waals surface area contributed by atoms with Crippen LogP contribution in [0.5, 0.6) is 0 Å². The van der Waals surface area contributed by atoms with Gasteiger partial charge in [0.25, 0.3) is 5.91 Å². The standard InChI is InChI=1S/C32H43N5O/c1-5-7-8-9-10-11-12-13-16-25-19-21-26(22-20-25)34-32-33-23-29-30(35-32)37(24(3)6-2)28-18-15-14-17-27(28)31(38)36(29)4/h14-15,17-24H,5-13,16H2,1-4H3,(H,33,34,35). The Hall–Kier alpha value is -3.41. The number of nitrogens with one attached hydrogen (secondary N) is 1. The monoisotopic (exact) mass is 513 g/mol. The number of hydrogen-bond acceptors (Lipinski definition) is 5. The van der Waals surface area contributed by atoms with E-state index in [0.717, 1.165) is 30.0 Å². The second kappa shape index (κ2) is 13.4. The lowest BCUT2D eigenvalue weighted by Gasteiger charge is -2.30. The Morgan fingerprint density at radius 1 is 0.868 bits per heavy atom. The molecule has 0 spiro atoms. The van der Waals surface area contributed by atoms with E-state index in [4.69, 9.17) is 4.98 Å². The highest BCUT2D eigenvalue weighted by atomic mass is 16.2. The van der Waals surface area contributed by atoms with Crippen molar-refractivity contribution in [2.45, 2.75) is 91.0 Å². The number of para-hydroxylation sites is 1. The second-order valence-corrected chi connectivity index (χ2v) is 10.5. The van der Waals surface area contributed by atoms with Crippen LogP contribution in [0.4, 0.5) is 28.8 Å². The van der Waals surface area contributed by atoms with Crippen molar-refractivity contribution in [3.8, 4) is 0 Å². The summed E-state index contributed by atoms with van der Waals surface area (Å²) < 4.78 is 0. The highest BCUT2D eigenvalue weighted by Gasteiger charge is 2.32. The van der Waals surface area contributed by atoms with Crippen molar-refractivity contribution in [3.63, 3.8) is 0 Å². The van der Waals surface area contributed by atoms with Gasteiger partial charge in [-0.05, 0) is 56.0 Å². The number of benzene rings is 2. The van der Waals surface area contributed by atoms with Crippen molar-refractivity contribution in [1.29, 1.82) is 0 Å². The van der Waals surface area contributed by atoms with Gasteiger partial charge in [0.05, 0.1) is 17.4 Å². The summed E-state index contributed by atoms with van der Waals surface area (Å²) in [4.78, 5) is 26.6. The molecular weight excluding hydrogens is 470 g/mol. The summed E-state index contributed by atoms with van der Waals surface area (Å²) in [7, 11) is 1.79. The molecule has 6 nitrogen and oxygen atoms in total. The van der Waals surface area contributed by atoms with Crippen molar-refractivity contribution in [2.75, 3.05) is 22.2 Å². The quantitative estimate of drug-likeness (QED) is 0.232. The van der Waals surface area contributed by atoms with E-state index in [1.165, 1.54) is 56.9 Å². The molecule has 1 aliphatic rings. The van der Waals surface area contributed by atoms with Crippen molar-refractivity contribution in [3.05, 3.63) is 65.9 Å². The fourth-order valence-corrected chi connectivity index (χ4v) is 5.08. The second-order valence-electron chi connectivity index (χ2n) is 10.5. The Balaban J connectivity index is 1.45. The van der Waals surface area contributed by atoms with Crippen LogP contribution in [0, 0.1) is 0 Å². The van der Waals surface area contributed by atoms with Gasteiger partial charge < -0.3 is 15.1 Å². The Morgan fingerprint density at radius 2 is 1.55 bits per heavy atom. The third kappa shape index (κ3) is 6.53. The first-order valence-electron chi connectivity index (χ1n) is 14.4. The summed E-state index contributed by atoms with van der Waals surface area (Å²) in [5, 5.41) is 3.38. The first-order valence-corrected chi connectivity index (χ1v) is 14.4. The fourth-order valence-electron chi connectivity index (χ4n) is 5.08. The molecule has 0 bridgehead atoms. The van der Waals surface area contributed by atoms with Gasteiger partial charge in [0.2, 0.25) is 5.95 Å². The molecule has 1 N–H and O–H groups in total. The van der Waals surface area contributed by atoms with Crippen LogP contribution in [0.2, 0.25) is 0 Å². The maximum Gasteiger partial charge on any atom is 0.260 e. The van der Waals surface area contributed by atoms with Gasteiger partial charge in [-0.3, -0.25) is 4.79 Å². The normalized spacial score (nSPS) is 13.6. The first-order chi connectivity index (χ1) is 18.5. The summed E-state index contributed by atoms with van der Waals surface area (Å²) in [6.07, 6.45) is 14.5. The summed E-state index contributed by atoms with van der Waals surface area (Å²) in [5.74, 6) is 1.21. The van der Waals surface area contributed by atoms with Crippen LogP contribution in [0.1, 0.15) is 94.5 Å². The average Bonchev–Trinajstić information content (AvgIpc) is 3.03. The Morgan fingerprint density at radius 3 is 2.26 bits per heavy atom. The maximum absolute atomic E-state index is 13.3. The molecule has 1 atom stereocenters. The molecule has 1 unspecified atom stereocenters. The maximum atomic E-state index is 13.3. The van der Waals surface area contributed by atoms with Crippen molar-refractivity contribution in [2.24, 2.45) is 0 Å². The van der Waals surface area contributed by atoms with E-state index in [1.54, 1.807) is 18.1 Å². The average molecular weight is 514 g/mol. The van der Waals surface area contributed by atoms with Gasteiger partial charge in [-0.15, -0.1) is 0 Å². The third-order valence-electron chi connectivity index (χ3n) is 7.60. The molecule has 1 aliphatic heterocycles. The topological polar surface area (TPSA) is 61.4 Å². The minimum absolute atomic E-state index is 0.0518. The predicted octanol–water partition coefficient (Wildman–Crippen LogP) is 8.43. The van der Waals surface area contributed by atoms with Crippen molar-refractivity contribution in [1.82, 2.24) is 9.97 Å². The zero-order valence-electron chi connectivity index (χ0n) is 23.5. The van der Waals surface area contributed by atoms with Crippen LogP contribution in [0.3, 0.4) is 0 Å². The smallest absolute Gasteiger partial charge is 0.260 e. The van der Waals surface area contributed by atoms with E-state index in [-0.39, 0.29) is 11.9 Å². The van der Waals surface area contributed by atoms with Crippen LogP contribution in [-0.2, 0) is 6.42 Å². The number of aryl methyl sites for hydroxylation is 1. The van der Waals surface area contributed by atoms with Gasteiger partial charge >= 0.3 is 0 Å². The minimum atomic E-state index is -0.0518. The highest BCUT2D eigenvalue weighted by Crippen LogP contribution is 2.41. The Kier molecular flexibility index (Phi) is 9.74. The lowest BCUT2D eigenvalue weighted by atomic mass is 10.0. The Bertz CT molecular complexity index is 1190. The molecule has 2 heterocycles. The van der Waals surface area contributed by atoms with Crippen molar-refractivity contribution < 1.29 is 4.79 Å². The third-order valence-corrected chi connectivity index (χ3v) is 7.60. The number of fused-ring (bicyclic) bond motifs is 2. The molecule has 38 heavy (non-hydrogen) atoms. The number of amides is 1. The van der Waals surface area contributed by atoms with Gasteiger partial charge in [-0.2, -0.15) is 4.98 Å². The summed E-state index contributed by atoms with van der Waals surface area (Å²) in [6.45, 7) is 6.58. The van der Waals surface area contributed by atoms with Crippen LogP contribution in [-0.4, -0.2) is 29.0 Å². The SMILES string of the molecule is CCCCCCCCCCc1ccc(Nc2ncc3c(n2)N(C(C)CC)c2ccccc2C(=O)N3C)cc1. The van der Waals surface area contributed by atoms with E-state index in [1.807, 2.05) is 24.3 Å². The highest BCUT2D eigenvalue weighted by molar-refractivity contribution is 6.13. The first kappa shape index (κ1) is 27.6. The number of hydrogen-bond donors (Lipinski definition) is 1. The van der Waals surface area contributed by atoms with Gasteiger partial charge in [-0.1, -0.05) is 83.1 Å². The predicted molar refractivity (Wildman–Crippen MR) is 159 cm³/mol. The van der Waals surface area contributed by atoms with Crippen LogP contribution >= 0.6 is 0 Å². The number of unbranched alkanes of at least 4 members (excludes halogenated alkanes) is 7. The van der Waals surface area contributed by atoms with E-state index in [2.05, 4.69) is 60.2 Å². The van der Waals surface area contributed by atoms with E-state index in [0.29, 0.717) is 17.2 Å². The zero-order chi connectivity index (χ0) is 26.9. The van der Waals surface area contributed by atoms with E-state index < -0.39 is 0 Å². The number of rotatable bonds is 13. The van der Waals surface area contributed by atoms with Crippen LogP contribution in [0.15, 0.2) is 54.7 Å². The molecule has 2 aromatic carbocycles. The lowest BCUT2D eigenvalue weighted by molar-refractivity contribution is 0.0994. The molecule has 4 rings (SSSR count). The van der Waals surface area contributed by atoms with Gasteiger partial charge in [-0.25, -0.2) is 4.98 Å². The molecule has 0 saturated heterocycles. The summed E-state index contributed by atoms with van der Waals surface area (Å²) >= 11 is 0. The van der Waals surface area contributed by atoms with Gasteiger partial charge in [0.15, 0.2) is 5.82 Å². The molecule has 6 heteroatoms. The van der Waals surface area contributed by atoms with Crippen LogP contribution in [0.25, 0.3) is 0 Å². The van der Waals surface area contributed by atoms with E-state index in [9.17, 15) is 4.79 Å². The van der Waals surface area contributed by atoms with Crippen molar-refractivity contribution >= 4 is 34.7 Å². The Labute approximate surface area is 228 Å². The number of aromatic nitrogens is 2. The molecule has 1 amide bonds. The molecule has 3 aromatic rings. The minimum Gasteiger partial charge on any atom is -0.324 e. The molecule has 202 valence electrons. The van der Waals surface area contributed by atoms with Crippen LogP contribution < -0.4 is 15.1 Å². The van der Waals surface area contributed by atoms with E-state index >= 15 is 0 Å². The van der Waals surface area contributed by atoms with Gasteiger partial charge in [0, 0.05) is 18.8 Å². The number of nitrogens with zero attached hydrogens (tertiary/aromatic N) is 4. The zero-order valence-corrected chi connectivity index (χ0v) is 23.5. The fraction of sp³-hybridized carbons (Fsp3) is 0.469. The molecular formula is C32H43N5O. The molecule has 1 aromatic heterocycles. The molecule has 0 saturated carbocycles. The summed E-state index contributed by atoms with van der Waals surface area (Å²) in [6, 6.07) is 16.5. The van der Waals surface area contributed by atoms with Gasteiger partial charge in [0.1, 0.15) is 5.69 Å². The molecule has 0 fully saturated rings. The molecule has 0 aliphatic carbocycles. The largest absolute Gasteiger partial charge is 0.324 e. The summed E-state index contributed by atoms with van der Waals surface area (Å²) in [5.41, 5.74) is 4.59. The number of carbonyl (C=O) groups excluding carboxylic acids is 1. The molecule has 0 radical (unpaired) electrons. The lowest BCUT2D eigenvalue weighted by Crippen LogP contribution is -2.29.